The van der Waals surface area contributed by atoms with Gasteiger partial charge >= 0.3 is 0 Å². The summed E-state index contributed by atoms with van der Waals surface area (Å²) < 4.78 is 0. The molecule has 0 heterocycles. The van der Waals surface area contributed by atoms with Gasteiger partial charge in [-0.3, -0.25) is 0 Å². The SMILES string of the molecule is C=CCCC(c1ccccc1)(C1C=Cc2ccccc21)C1c2ccccc2-c2c(C)cccc21.Cl.Cl.[Zr]. The molecule has 4 aromatic carbocycles. The van der Waals surface area contributed by atoms with E-state index < -0.39 is 0 Å². The summed E-state index contributed by atoms with van der Waals surface area (Å²) in [6, 6.07) is 36.2. The van der Waals surface area contributed by atoms with E-state index in [0.717, 1.165) is 12.8 Å². The summed E-state index contributed by atoms with van der Waals surface area (Å²) in [6.45, 7) is 6.40. The van der Waals surface area contributed by atoms with Crippen LogP contribution < -0.4 is 0 Å². The summed E-state index contributed by atoms with van der Waals surface area (Å²) in [4.78, 5) is 0. The maximum Gasteiger partial charge on any atom is 0.0208 e. The molecule has 0 radical (unpaired) electrons. The zero-order valence-electron chi connectivity index (χ0n) is 21.1. The van der Waals surface area contributed by atoms with E-state index in [-0.39, 0.29) is 68.3 Å². The quantitative estimate of drug-likeness (QED) is 0.193. The molecule has 0 bridgehead atoms. The van der Waals surface area contributed by atoms with Crippen molar-refractivity contribution in [3.05, 3.63) is 149 Å². The van der Waals surface area contributed by atoms with Crippen molar-refractivity contribution in [2.45, 2.75) is 37.0 Å². The van der Waals surface area contributed by atoms with Crippen molar-refractivity contribution in [1.82, 2.24) is 0 Å². The molecule has 0 aliphatic heterocycles. The van der Waals surface area contributed by atoms with Gasteiger partial charge < -0.3 is 0 Å². The summed E-state index contributed by atoms with van der Waals surface area (Å²) in [5.41, 5.74) is 11.2. The molecule has 0 amide bonds. The molecular formula is C34H32Cl2Zr. The zero-order chi connectivity index (χ0) is 23.1. The Labute approximate surface area is 252 Å². The van der Waals surface area contributed by atoms with Gasteiger partial charge in [-0.25, -0.2) is 0 Å². The van der Waals surface area contributed by atoms with Crippen molar-refractivity contribution in [3.8, 4) is 11.1 Å². The van der Waals surface area contributed by atoms with E-state index >= 15 is 0 Å². The van der Waals surface area contributed by atoms with Gasteiger partial charge in [-0.2, -0.15) is 0 Å². The van der Waals surface area contributed by atoms with Crippen LogP contribution in [0.4, 0.5) is 0 Å². The summed E-state index contributed by atoms with van der Waals surface area (Å²) in [6.07, 6.45) is 8.92. The van der Waals surface area contributed by atoms with Crippen LogP contribution >= 0.6 is 24.8 Å². The van der Waals surface area contributed by atoms with Gasteiger partial charge in [-0.05, 0) is 64.3 Å². The molecule has 0 fully saturated rings. The first-order chi connectivity index (χ1) is 16.8. The molecule has 6 rings (SSSR count). The minimum absolute atomic E-state index is 0. The first-order valence-electron chi connectivity index (χ1n) is 12.4. The Morgan fingerprint density at radius 1 is 0.757 bits per heavy atom. The Morgan fingerprint density at radius 2 is 1.41 bits per heavy atom. The van der Waals surface area contributed by atoms with Gasteiger partial charge in [-0.1, -0.05) is 115 Å². The van der Waals surface area contributed by atoms with Gasteiger partial charge in [0.1, 0.15) is 0 Å². The second-order valence-corrected chi connectivity index (χ2v) is 9.76. The van der Waals surface area contributed by atoms with Gasteiger partial charge in [0, 0.05) is 43.5 Å². The van der Waals surface area contributed by atoms with Crippen molar-refractivity contribution >= 4 is 30.9 Å². The Kier molecular flexibility index (Phi) is 9.63. The van der Waals surface area contributed by atoms with E-state index in [4.69, 9.17) is 0 Å². The van der Waals surface area contributed by atoms with E-state index in [1.165, 1.54) is 44.5 Å². The maximum absolute atomic E-state index is 4.14. The van der Waals surface area contributed by atoms with E-state index in [1.54, 1.807) is 0 Å². The van der Waals surface area contributed by atoms with Crippen LogP contribution in [0.15, 0.2) is 116 Å². The topological polar surface area (TPSA) is 0 Å². The third-order valence-electron chi connectivity index (χ3n) is 8.10. The molecular weight excluding hydrogens is 571 g/mol. The fraction of sp³-hybridized carbons (Fsp3) is 0.176. The number of benzene rings is 4. The average Bonchev–Trinajstić information content (AvgIpc) is 3.47. The van der Waals surface area contributed by atoms with Crippen LogP contribution in [0.3, 0.4) is 0 Å². The largest absolute Gasteiger partial charge is 0.147 e. The van der Waals surface area contributed by atoms with E-state index in [2.05, 4.69) is 129 Å². The Bertz CT molecular complexity index is 1410. The second-order valence-electron chi connectivity index (χ2n) is 9.76. The maximum atomic E-state index is 4.14. The molecule has 3 heteroatoms. The van der Waals surface area contributed by atoms with Gasteiger partial charge in [-0.15, -0.1) is 31.4 Å². The number of fused-ring (bicyclic) bond motifs is 4. The number of allylic oxidation sites excluding steroid dienone is 2. The third kappa shape index (κ3) is 4.65. The fourth-order valence-corrected chi connectivity index (χ4v) is 6.76. The molecule has 0 aromatic heterocycles. The molecule has 3 atom stereocenters. The minimum Gasteiger partial charge on any atom is -0.147 e. The first-order valence-corrected chi connectivity index (χ1v) is 12.4. The summed E-state index contributed by atoms with van der Waals surface area (Å²) in [5.74, 6) is 0.553. The Morgan fingerprint density at radius 3 is 2.16 bits per heavy atom. The van der Waals surface area contributed by atoms with Crippen LogP contribution in [0.2, 0.25) is 0 Å². The number of hydrogen-bond acceptors (Lipinski definition) is 0. The molecule has 0 N–H and O–H groups in total. The van der Waals surface area contributed by atoms with Gasteiger partial charge in [0.2, 0.25) is 0 Å². The molecule has 0 nitrogen and oxygen atoms in total. The number of halogens is 2. The van der Waals surface area contributed by atoms with Gasteiger partial charge in [0.25, 0.3) is 0 Å². The monoisotopic (exact) mass is 600 g/mol. The second kappa shape index (κ2) is 12.1. The summed E-state index contributed by atoms with van der Waals surface area (Å²) in [7, 11) is 0. The van der Waals surface area contributed by atoms with E-state index in [1.807, 2.05) is 0 Å². The van der Waals surface area contributed by atoms with Crippen molar-refractivity contribution in [3.63, 3.8) is 0 Å². The molecule has 2 aliphatic carbocycles. The van der Waals surface area contributed by atoms with Crippen molar-refractivity contribution in [2.24, 2.45) is 0 Å². The molecule has 0 saturated carbocycles. The Hall–Kier alpha value is -2.18. The van der Waals surface area contributed by atoms with Crippen LogP contribution in [0.25, 0.3) is 17.2 Å². The standard InChI is InChI=1S/C34H30.2ClH.Zr/c1-3-4-23-34(26-15-6-5-7-16-26,31-22-21-25-14-8-9-17-27(25)31)33-29-19-11-10-18-28(29)32-24(2)13-12-20-30(32)33;;;/h3,5-22,31,33H,1,4,23H2,2H3;2*1H;. The molecule has 3 unspecified atom stereocenters. The predicted octanol–water partition coefficient (Wildman–Crippen LogP) is 9.66. The number of hydrogen-bond donors (Lipinski definition) is 0. The molecule has 0 saturated heterocycles. The normalized spacial score (nSPS) is 17.6. The summed E-state index contributed by atoms with van der Waals surface area (Å²) in [5, 5.41) is 0. The number of aryl methyl sites for hydroxylation is 1. The Balaban J connectivity index is 0.00000127. The van der Waals surface area contributed by atoms with Crippen LogP contribution in [0.5, 0.6) is 0 Å². The van der Waals surface area contributed by atoms with Gasteiger partial charge in [0.05, 0.1) is 0 Å². The van der Waals surface area contributed by atoms with Crippen LogP contribution in [0, 0.1) is 6.92 Å². The van der Waals surface area contributed by atoms with Crippen molar-refractivity contribution in [2.75, 3.05) is 0 Å². The van der Waals surface area contributed by atoms with Gasteiger partial charge in [0.15, 0.2) is 0 Å². The van der Waals surface area contributed by atoms with E-state index in [0.29, 0.717) is 0 Å². The average molecular weight is 603 g/mol. The van der Waals surface area contributed by atoms with Crippen LogP contribution in [-0.2, 0) is 31.6 Å². The molecule has 2 aliphatic rings. The smallest absolute Gasteiger partial charge is 0.0208 e. The molecule has 0 spiro atoms. The zero-order valence-corrected chi connectivity index (χ0v) is 25.2. The number of rotatable bonds is 6. The third-order valence-corrected chi connectivity index (χ3v) is 8.10. The first kappa shape index (κ1) is 29.4. The minimum atomic E-state index is -0.131. The van der Waals surface area contributed by atoms with Crippen molar-refractivity contribution < 1.29 is 26.2 Å². The fourth-order valence-electron chi connectivity index (χ4n) is 6.76. The van der Waals surface area contributed by atoms with Crippen LogP contribution in [0.1, 0.15) is 58.1 Å². The predicted molar refractivity (Wildman–Crippen MR) is 159 cm³/mol. The molecule has 37 heavy (non-hydrogen) atoms. The van der Waals surface area contributed by atoms with E-state index in [9.17, 15) is 0 Å². The molecule has 4 aromatic rings. The van der Waals surface area contributed by atoms with Crippen molar-refractivity contribution in [1.29, 1.82) is 0 Å². The summed E-state index contributed by atoms with van der Waals surface area (Å²) >= 11 is 0. The van der Waals surface area contributed by atoms with Crippen LogP contribution in [-0.4, -0.2) is 0 Å². The molecule has 186 valence electrons.